The van der Waals surface area contributed by atoms with Crippen molar-refractivity contribution in [1.82, 2.24) is 15.5 Å². The molecule has 0 aliphatic rings. The van der Waals surface area contributed by atoms with Gasteiger partial charge in [0.1, 0.15) is 0 Å². The molecule has 0 aliphatic carbocycles. The van der Waals surface area contributed by atoms with Gasteiger partial charge in [-0.1, -0.05) is 29.8 Å². The van der Waals surface area contributed by atoms with Crippen LogP contribution in [0, 0.1) is 0 Å². The van der Waals surface area contributed by atoms with Gasteiger partial charge in [0.05, 0.1) is 10.9 Å². The monoisotopic (exact) mass is 333 g/mol. The van der Waals surface area contributed by atoms with Crippen molar-refractivity contribution in [2.75, 3.05) is 0 Å². The van der Waals surface area contributed by atoms with Crippen LogP contribution in [0.3, 0.4) is 0 Å². The van der Waals surface area contributed by atoms with E-state index in [1.54, 1.807) is 11.3 Å². The summed E-state index contributed by atoms with van der Waals surface area (Å²) in [4.78, 5) is 0.983. The molecule has 1 N–H and O–H groups in total. The van der Waals surface area contributed by atoms with Crippen LogP contribution in [0.1, 0.15) is 37.4 Å². The summed E-state index contributed by atoms with van der Waals surface area (Å²) in [5.41, 5.74) is 1.16. The van der Waals surface area contributed by atoms with Gasteiger partial charge in [0.25, 0.3) is 5.89 Å². The Morgan fingerprint density at radius 2 is 1.86 bits per heavy atom. The van der Waals surface area contributed by atoms with Crippen molar-refractivity contribution in [2.45, 2.75) is 25.9 Å². The summed E-state index contributed by atoms with van der Waals surface area (Å²) in [7, 11) is 0. The van der Waals surface area contributed by atoms with E-state index in [0.29, 0.717) is 11.8 Å². The Labute approximate surface area is 138 Å². The van der Waals surface area contributed by atoms with Gasteiger partial charge >= 0.3 is 0 Å². The number of rotatable bonds is 5. The van der Waals surface area contributed by atoms with Crippen molar-refractivity contribution in [1.29, 1.82) is 0 Å². The van der Waals surface area contributed by atoms with Crippen molar-refractivity contribution in [3.63, 3.8) is 0 Å². The Kier molecular flexibility index (Phi) is 4.57. The van der Waals surface area contributed by atoms with E-state index in [1.165, 1.54) is 0 Å². The van der Waals surface area contributed by atoms with Crippen LogP contribution in [0.25, 0.3) is 10.8 Å². The van der Waals surface area contributed by atoms with E-state index in [4.69, 9.17) is 16.0 Å². The number of halogens is 1. The highest BCUT2D eigenvalue weighted by Crippen LogP contribution is 2.26. The highest BCUT2D eigenvalue weighted by atomic mass is 35.5. The average Bonchev–Trinajstić information content (AvgIpc) is 3.19. The normalized spacial score (nSPS) is 14.0. The molecule has 0 bridgehead atoms. The smallest absolute Gasteiger partial charge is 0.257 e. The summed E-state index contributed by atoms with van der Waals surface area (Å²) in [6.07, 6.45) is 0. The van der Waals surface area contributed by atoms with Crippen LogP contribution in [0.5, 0.6) is 0 Å². The third-order valence-corrected chi connectivity index (χ3v) is 4.52. The predicted octanol–water partition coefficient (Wildman–Crippen LogP) is 4.86. The minimum Gasteiger partial charge on any atom is -0.418 e. The number of thiophene rings is 1. The molecule has 0 amide bonds. The lowest BCUT2D eigenvalue weighted by Crippen LogP contribution is -2.22. The highest BCUT2D eigenvalue weighted by Gasteiger charge is 2.17. The van der Waals surface area contributed by atoms with Crippen LogP contribution >= 0.6 is 22.9 Å². The summed E-state index contributed by atoms with van der Waals surface area (Å²) in [6.45, 7) is 4.11. The van der Waals surface area contributed by atoms with Crippen LogP contribution in [0.4, 0.5) is 0 Å². The van der Waals surface area contributed by atoms with E-state index in [1.807, 2.05) is 48.7 Å². The molecule has 3 aromatic rings. The van der Waals surface area contributed by atoms with Gasteiger partial charge in [0.15, 0.2) is 0 Å². The first kappa shape index (κ1) is 15.2. The molecular formula is C16H16ClN3OS. The van der Waals surface area contributed by atoms with Gasteiger partial charge in [-0.2, -0.15) is 0 Å². The zero-order valence-corrected chi connectivity index (χ0v) is 13.9. The third kappa shape index (κ3) is 3.38. The SMILES string of the molecule is C[C@H](N[C@H](C)c1nnc(-c2cccs2)o1)c1ccc(Cl)cc1. The molecule has 0 spiro atoms. The van der Waals surface area contributed by atoms with Crippen LogP contribution in [-0.2, 0) is 0 Å². The molecule has 0 unspecified atom stereocenters. The Balaban J connectivity index is 1.69. The van der Waals surface area contributed by atoms with E-state index < -0.39 is 0 Å². The maximum atomic E-state index is 5.92. The second-order valence-electron chi connectivity index (χ2n) is 5.08. The molecule has 0 fully saturated rings. The van der Waals surface area contributed by atoms with Crippen LogP contribution in [-0.4, -0.2) is 10.2 Å². The van der Waals surface area contributed by atoms with E-state index in [-0.39, 0.29) is 12.1 Å². The van der Waals surface area contributed by atoms with E-state index >= 15 is 0 Å². The molecule has 4 nitrogen and oxygen atoms in total. The maximum Gasteiger partial charge on any atom is 0.257 e. The highest BCUT2D eigenvalue weighted by molar-refractivity contribution is 7.13. The van der Waals surface area contributed by atoms with Gasteiger partial charge in [-0.05, 0) is 43.0 Å². The fraction of sp³-hybridized carbons (Fsp3) is 0.250. The second kappa shape index (κ2) is 6.60. The number of hydrogen-bond acceptors (Lipinski definition) is 5. The molecular weight excluding hydrogens is 318 g/mol. The molecule has 6 heteroatoms. The summed E-state index contributed by atoms with van der Waals surface area (Å²) in [5, 5.41) is 14.4. The van der Waals surface area contributed by atoms with E-state index in [0.717, 1.165) is 15.5 Å². The number of aromatic nitrogens is 2. The van der Waals surface area contributed by atoms with Gasteiger partial charge in [-0.25, -0.2) is 0 Å². The first-order valence-electron chi connectivity index (χ1n) is 7.02. The van der Waals surface area contributed by atoms with E-state index in [2.05, 4.69) is 22.4 Å². The predicted molar refractivity (Wildman–Crippen MR) is 89.0 cm³/mol. The number of nitrogens with one attached hydrogen (secondary N) is 1. The van der Waals surface area contributed by atoms with Crippen molar-refractivity contribution in [3.8, 4) is 10.8 Å². The molecule has 3 rings (SSSR count). The number of hydrogen-bond donors (Lipinski definition) is 1. The van der Waals surface area contributed by atoms with Gasteiger partial charge in [-0.15, -0.1) is 21.5 Å². The Hall–Kier alpha value is -1.69. The Bertz CT molecular complexity index is 724. The Morgan fingerprint density at radius 3 is 2.55 bits per heavy atom. The van der Waals surface area contributed by atoms with Gasteiger partial charge < -0.3 is 4.42 Å². The molecule has 0 radical (unpaired) electrons. The molecule has 2 heterocycles. The van der Waals surface area contributed by atoms with Crippen molar-refractivity contribution in [2.24, 2.45) is 0 Å². The van der Waals surface area contributed by atoms with Gasteiger partial charge in [0, 0.05) is 11.1 Å². The first-order chi connectivity index (χ1) is 10.6. The third-order valence-electron chi connectivity index (χ3n) is 3.41. The zero-order valence-electron chi connectivity index (χ0n) is 12.3. The maximum absolute atomic E-state index is 5.92. The molecule has 22 heavy (non-hydrogen) atoms. The van der Waals surface area contributed by atoms with Gasteiger partial charge in [-0.3, -0.25) is 5.32 Å². The summed E-state index contributed by atoms with van der Waals surface area (Å²) >= 11 is 7.50. The minimum atomic E-state index is -0.0353. The first-order valence-corrected chi connectivity index (χ1v) is 8.28. The van der Waals surface area contributed by atoms with Crippen molar-refractivity contribution in [3.05, 3.63) is 58.3 Å². The standard InChI is InChI=1S/C16H16ClN3OS/c1-10(12-5-7-13(17)8-6-12)18-11(2)15-19-20-16(21-15)14-4-3-9-22-14/h3-11,18H,1-2H3/t10-,11+/m0/s1. The molecule has 1 aromatic carbocycles. The molecule has 0 saturated heterocycles. The minimum absolute atomic E-state index is 0.0353. The zero-order chi connectivity index (χ0) is 15.5. The topological polar surface area (TPSA) is 51.0 Å². The largest absolute Gasteiger partial charge is 0.418 e. The summed E-state index contributed by atoms with van der Waals surface area (Å²) < 4.78 is 5.75. The molecule has 2 aromatic heterocycles. The molecule has 114 valence electrons. The lowest BCUT2D eigenvalue weighted by molar-refractivity contribution is 0.395. The quantitative estimate of drug-likeness (QED) is 0.724. The summed E-state index contributed by atoms with van der Waals surface area (Å²) in [6, 6.07) is 11.9. The van der Waals surface area contributed by atoms with Crippen LogP contribution in [0.15, 0.2) is 46.2 Å². The van der Waals surface area contributed by atoms with Gasteiger partial charge in [0.2, 0.25) is 5.89 Å². The average molecular weight is 334 g/mol. The fourth-order valence-corrected chi connectivity index (χ4v) is 2.97. The van der Waals surface area contributed by atoms with Crippen LogP contribution < -0.4 is 5.32 Å². The number of nitrogens with zero attached hydrogens (tertiary/aromatic N) is 2. The Morgan fingerprint density at radius 1 is 1.09 bits per heavy atom. The molecule has 0 aliphatic heterocycles. The fourth-order valence-electron chi connectivity index (χ4n) is 2.20. The second-order valence-corrected chi connectivity index (χ2v) is 6.47. The van der Waals surface area contributed by atoms with Crippen molar-refractivity contribution < 1.29 is 4.42 Å². The lowest BCUT2D eigenvalue weighted by Gasteiger charge is -2.17. The number of benzene rings is 1. The molecule has 0 saturated carbocycles. The van der Waals surface area contributed by atoms with E-state index in [9.17, 15) is 0 Å². The summed E-state index contributed by atoms with van der Waals surface area (Å²) in [5.74, 6) is 1.15. The van der Waals surface area contributed by atoms with Crippen molar-refractivity contribution >= 4 is 22.9 Å². The lowest BCUT2D eigenvalue weighted by atomic mass is 10.1. The van der Waals surface area contributed by atoms with Crippen LogP contribution in [0.2, 0.25) is 5.02 Å². The molecule has 2 atom stereocenters.